The summed E-state index contributed by atoms with van der Waals surface area (Å²) in [6.45, 7) is 0. The Hall–Kier alpha value is -1.36. The molecule has 1 N–H and O–H groups in total. The summed E-state index contributed by atoms with van der Waals surface area (Å²) < 4.78 is 1.46. The van der Waals surface area contributed by atoms with Crippen LogP contribution in [0.1, 0.15) is 43.1 Å². The molecule has 0 bridgehead atoms. The van der Waals surface area contributed by atoms with Crippen LogP contribution in [0.3, 0.4) is 0 Å². The lowest BCUT2D eigenvalue weighted by Gasteiger charge is -2.05. The van der Waals surface area contributed by atoms with E-state index in [4.69, 9.17) is 11.6 Å². The molecule has 0 amide bonds. The van der Waals surface area contributed by atoms with Gasteiger partial charge in [0.25, 0.3) is 0 Å². The minimum absolute atomic E-state index is 0.209. The van der Waals surface area contributed by atoms with E-state index in [2.05, 4.69) is 15.0 Å². The summed E-state index contributed by atoms with van der Waals surface area (Å²) in [6, 6.07) is 0. The standard InChI is InChI=1S/C11H13ClN4O/c12-5-8-14-10-9(7-3-1-2-4-7)13-6-16(10)11(17)15-8/h6-7H,1-5H2,(H,14,15,17). The molecule has 3 rings (SSSR count). The number of aromatic amines is 1. The first-order chi connectivity index (χ1) is 8.29. The molecule has 1 aliphatic rings. The zero-order valence-electron chi connectivity index (χ0n) is 9.32. The Labute approximate surface area is 103 Å². The largest absolute Gasteiger partial charge is 0.333 e. The third-order valence-electron chi connectivity index (χ3n) is 3.35. The van der Waals surface area contributed by atoms with Gasteiger partial charge in [-0.3, -0.25) is 4.98 Å². The predicted molar refractivity (Wildman–Crippen MR) is 64.4 cm³/mol. The number of H-pyrrole nitrogens is 1. The summed E-state index contributed by atoms with van der Waals surface area (Å²) in [5.41, 5.74) is 1.39. The van der Waals surface area contributed by atoms with Gasteiger partial charge in [-0.25, -0.2) is 19.2 Å². The number of hydrogen-bond donors (Lipinski definition) is 1. The van der Waals surface area contributed by atoms with Gasteiger partial charge in [0.05, 0.1) is 11.6 Å². The van der Waals surface area contributed by atoms with Crippen molar-refractivity contribution < 1.29 is 0 Å². The van der Waals surface area contributed by atoms with Crippen LogP contribution in [0.25, 0.3) is 5.65 Å². The minimum Gasteiger partial charge on any atom is -0.294 e. The van der Waals surface area contributed by atoms with E-state index in [-0.39, 0.29) is 11.6 Å². The molecule has 6 heteroatoms. The Morgan fingerprint density at radius 2 is 2.24 bits per heavy atom. The Morgan fingerprint density at radius 1 is 1.47 bits per heavy atom. The Kier molecular flexibility index (Phi) is 2.63. The molecule has 2 aromatic heterocycles. The van der Waals surface area contributed by atoms with Crippen LogP contribution >= 0.6 is 11.6 Å². The maximum atomic E-state index is 11.8. The van der Waals surface area contributed by atoms with Crippen molar-refractivity contribution >= 4 is 17.2 Å². The van der Waals surface area contributed by atoms with Gasteiger partial charge < -0.3 is 0 Å². The fourth-order valence-electron chi connectivity index (χ4n) is 2.51. The smallest absolute Gasteiger partial charge is 0.294 e. The van der Waals surface area contributed by atoms with E-state index in [1.807, 2.05) is 0 Å². The molecule has 2 heterocycles. The van der Waals surface area contributed by atoms with Crippen LogP contribution in [0.4, 0.5) is 0 Å². The summed E-state index contributed by atoms with van der Waals surface area (Å²) in [5.74, 6) is 1.16. The van der Waals surface area contributed by atoms with Gasteiger partial charge in [0.2, 0.25) is 0 Å². The van der Waals surface area contributed by atoms with E-state index in [1.54, 1.807) is 6.33 Å². The Bertz CT molecular complexity index is 597. The van der Waals surface area contributed by atoms with Crippen molar-refractivity contribution in [2.75, 3.05) is 0 Å². The second kappa shape index (κ2) is 4.14. The van der Waals surface area contributed by atoms with Crippen LogP contribution in [0.2, 0.25) is 0 Å². The van der Waals surface area contributed by atoms with Crippen LogP contribution in [0, 0.1) is 0 Å². The topological polar surface area (TPSA) is 63.0 Å². The van der Waals surface area contributed by atoms with E-state index >= 15 is 0 Å². The third-order valence-corrected chi connectivity index (χ3v) is 3.60. The molecule has 0 radical (unpaired) electrons. The maximum absolute atomic E-state index is 11.8. The molecular weight excluding hydrogens is 240 g/mol. The molecule has 0 spiro atoms. The summed E-state index contributed by atoms with van der Waals surface area (Å²) in [5, 5.41) is 0. The van der Waals surface area contributed by atoms with Gasteiger partial charge in [0, 0.05) is 5.92 Å². The van der Waals surface area contributed by atoms with Gasteiger partial charge in [0.1, 0.15) is 12.2 Å². The molecule has 1 fully saturated rings. The molecule has 0 aromatic carbocycles. The molecular formula is C11H13ClN4O. The molecule has 0 atom stereocenters. The van der Waals surface area contributed by atoms with Gasteiger partial charge in [-0.2, -0.15) is 0 Å². The summed E-state index contributed by atoms with van der Waals surface area (Å²) in [6.07, 6.45) is 6.28. The predicted octanol–water partition coefficient (Wildman–Crippen LogP) is 1.81. The molecule has 1 saturated carbocycles. The highest BCUT2D eigenvalue weighted by Gasteiger charge is 2.23. The van der Waals surface area contributed by atoms with E-state index < -0.39 is 0 Å². The average Bonchev–Trinajstić information content (AvgIpc) is 2.96. The average molecular weight is 253 g/mol. The SMILES string of the molecule is O=c1[nH]c(CCl)nc2c(C3CCCC3)ncn12. The quantitative estimate of drug-likeness (QED) is 0.830. The van der Waals surface area contributed by atoms with Crippen LogP contribution in [-0.4, -0.2) is 19.4 Å². The summed E-state index contributed by atoms with van der Waals surface area (Å²) in [7, 11) is 0. The maximum Gasteiger partial charge on any atom is 0.333 e. The minimum atomic E-state index is -0.220. The normalized spacial score (nSPS) is 17.0. The number of aromatic nitrogens is 4. The number of halogens is 1. The fourth-order valence-corrected chi connectivity index (χ4v) is 2.63. The van der Waals surface area contributed by atoms with E-state index in [9.17, 15) is 4.79 Å². The van der Waals surface area contributed by atoms with Crippen molar-refractivity contribution in [3.63, 3.8) is 0 Å². The van der Waals surface area contributed by atoms with E-state index in [0.717, 1.165) is 18.5 Å². The Morgan fingerprint density at radius 3 is 2.94 bits per heavy atom. The van der Waals surface area contributed by atoms with Crippen molar-refractivity contribution in [2.24, 2.45) is 0 Å². The lowest BCUT2D eigenvalue weighted by molar-refractivity contribution is 0.705. The lowest BCUT2D eigenvalue weighted by Crippen LogP contribution is -2.19. The third kappa shape index (κ3) is 1.74. The van der Waals surface area contributed by atoms with Gasteiger partial charge in [-0.1, -0.05) is 12.8 Å². The van der Waals surface area contributed by atoms with Crippen LogP contribution < -0.4 is 5.69 Å². The number of nitrogens with zero attached hydrogens (tertiary/aromatic N) is 3. The van der Waals surface area contributed by atoms with Crippen LogP contribution in [-0.2, 0) is 5.88 Å². The molecule has 1 aliphatic carbocycles. The molecule has 0 aliphatic heterocycles. The number of fused-ring (bicyclic) bond motifs is 1. The van der Waals surface area contributed by atoms with Crippen LogP contribution in [0.15, 0.2) is 11.1 Å². The molecule has 5 nitrogen and oxygen atoms in total. The lowest BCUT2D eigenvalue weighted by atomic mass is 10.0. The van der Waals surface area contributed by atoms with Gasteiger partial charge in [-0.15, -0.1) is 11.6 Å². The van der Waals surface area contributed by atoms with Crippen molar-refractivity contribution in [3.05, 3.63) is 28.3 Å². The molecule has 2 aromatic rings. The van der Waals surface area contributed by atoms with Gasteiger partial charge >= 0.3 is 5.69 Å². The van der Waals surface area contributed by atoms with E-state index in [1.165, 1.54) is 17.2 Å². The molecule has 90 valence electrons. The van der Waals surface area contributed by atoms with Crippen LogP contribution in [0.5, 0.6) is 0 Å². The molecule has 0 saturated heterocycles. The number of imidazole rings is 1. The monoisotopic (exact) mass is 252 g/mol. The highest BCUT2D eigenvalue weighted by Crippen LogP contribution is 2.34. The highest BCUT2D eigenvalue weighted by atomic mass is 35.5. The van der Waals surface area contributed by atoms with E-state index in [0.29, 0.717) is 17.4 Å². The summed E-state index contributed by atoms with van der Waals surface area (Å²) in [4.78, 5) is 23.1. The zero-order valence-corrected chi connectivity index (χ0v) is 10.1. The van der Waals surface area contributed by atoms with Gasteiger partial charge in [-0.05, 0) is 12.8 Å². The number of alkyl halides is 1. The highest BCUT2D eigenvalue weighted by molar-refractivity contribution is 6.16. The van der Waals surface area contributed by atoms with Gasteiger partial charge in [0.15, 0.2) is 5.65 Å². The number of nitrogens with one attached hydrogen (secondary N) is 1. The number of rotatable bonds is 2. The van der Waals surface area contributed by atoms with Crippen molar-refractivity contribution in [1.82, 2.24) is 19.4 Å². The second-order valence-corrected chi connectivity index (χ2v) is 4.69. The second-order valence-electron chi connectivity index (χ2n) is 4.43. The first-order valence-corrected chi connectivity index (χ1v) is 6.35. The van der Waals surface area contributed by atoms with Crippen molar-refractivity contribution in [1.29, 1.82) is 0 Å². The molecule has 0 unspecified atom stereocenters. The Balaban J connectivity index is 2.19. The zero-order chi connectivity index (χ0) is 11.8. The van der Waals surface area contributed by atoms with Crippen molar-refractivity contribution in [2.45, 2.75) is 37.5 Å². The first kappa shape index (κ1) is 10.8. The number of hydrogen-bond acceptors (Lipinski definition) is 3. The molecule has 17 heavy (non-hydrogen) atoms. The van der Waals surface area contributed by atoms with Crippen molar-refractivity contribution in [3.8, 4) is 0 Å². The first-order valence-electron chi connectivity index (χ1n) is 5.81. The summed E-state index contributed by atoms with van der Waals surface area (Å²) >= 11 is 5.72. The fraction of sp³-hybridized carbons (Fsp3) is 0.545.